The summed E-state index contributed by atoms with van der Waals surface area (Å²) in [6, 6.07) is 4.43. The number of aliphatic hydroxyl groups excluding tert-OH is 1. The SMILES string of the molecule is CCNC(C)C(O)c1cccc(Cl)c1F. The summed E-state index contributed by atoms with van der Waals surface area (Å²) >= 11 is 5.63. The lowest BCUT2D eigenvalue weighted by Gasteiger charge is -2.20. The topological polar surface area (TPSA) is 32.3 Å². The maximum atomic E-state index is 13.5. The van der Waals surface area contributed by atoms with E-state index in [2.05, 4.69) is 5.32 Å². The van der Waals surface area contributed by atoms with Crippen molar-refractivity contribution in [2.24, 2.45) is 0 Å². The second kappa shape index (κ2) is 5.45. The van der Waals surface area contributed by atoms with Crippen LogP contribution in [0, 0.1) is 5.82 Å². The van der Waals surface area contributed by atoms with Crippen LogP contribution in [0.25, 0.3) is 0 Å². The molecule has 0 saturated heterocycles. The van der Waals surface area contributed by atoms with Gasteiger partial charge < -0.3 is 10.4 Å². The minimum Gasteiger partial charge on any atom is -0.387 e. The molecule has 0 aliphatic rings. The largest absolute Gasteiger partial charge is 0.387 e. The molecule has 0 amide bonds. The van der Waals surface area contributed by atoms with E-state index >= 15 is 0 Å². The van der Waals surface area contributed by atoms with Gasteiger partial charge in [-0.1, -0.05) is 30.7 Å². The molecule has 0 aromatic heterocycles. The molecule has 0 bridgehead atoms. The highest BCUT2D eigenvalue weighted by Crippen LogP contribution is 2.25. The number of rotatable bonds is 4. The number of hydrogen-bond acceptors (Lipinski definition) is 2. The van der Waals surface area contributed by atoms with Crippen LogP contribution in [0.3, 0.4) is 0 Å². The highest BCUT2D eigenvalue weighted by atomic mass is 35.5. The third-order valence-electron chi connectivity index (χ3n) is 2.30. The Morgan fingerprint density at radius 1 is 1.53 bits per heavy atom. The van der Waals surface area contributed by atoms with Gasteiger partial charge in [0.1, 0.15) is 5.82 Å². The van der Waals surface area contributed by atoms with Crippen LogP contribution in [-0.4, -0.2) is 17.7 Å². The molecule has 0 fully saturated rings. The number of nitrogens with one attached hydrogen (secondary N) is 1. The van der Waals surface area contributed by atoms with Crippen molar-refractivity contribution in [2.75, 3.05) is 6.54 Å². The van der Waals surface area contributed by atoms with Gasteiger partial charge in [0.15, 0.2) is 0 Å². The van der Waals surface area contributed by atoms with Gasteiger partial charge in [0, 0.05) is 11.6 Å². The molecule has 0 radical (unpaired) electrons. The summed E-state index contributed by atoms with van der Waals surface area (Å²) in [4.78, 5) is 0. The molecule has 0 aliphatic heterocycles. The molecular formula is C11H15ClFNO. The predicted molar refractivity (Wildman–Crippen MR) is 59.5 cm³/mol. The molecule has 0 spiro atoms. The van der Waals surface area contributed by atoms with E-state index in [9.17, 15) is 9.50 Å². The Bertz CT molecular complexity index is 332. The number of likely N-dealkylation sites (N-methyl/N-ethyl adjacent to an activating group) is 1. The van der Waals surface area contributed by atoms with E-state index in [-0.39, 0.29) is 16.6 Å². The quantitative estimate of drug-likeness (QED) is 0.835. The zero-order valence-corrected chi connectivity index (χ0v) is 9.55. The van der Waals surface area contributed by atoms with E-state index in [0.717, 1.165) is 6.54 Å². The molecule has 2 nitrogen and oxygen atoms in total. The lowest BCUT2D eigenvalue weighted by Crippen LogP contribution is -2.32. The average Bonchev–Trinajstić information content (AvgIpc) is 2.21. The fourth-order valence-electron chi connectivity index (χ4n) is 1.45. The monoisotopic (exact) mass is 231 g/mol. The van der Waals surface area contributed by atoms with Crippen molar-refractivity contribution in [1.29, 1.82) is 0 Å². The van der Waals surface area contributed by atoms with Gasteiger partial charge >= 0.3 is 0 Å². The Balaban J connectivity index is 2.90. The highest BCUT2D eigenvalue weighted by molar-refractivity contribution is 6.30. The zero-order chi connectivity index (χ0) is 11.4. The molecule has 2 atom stereocenters. The molecule has 15 heavy (non-hydrogen) atoms. The maximum Gasteiger partial charge on any atom is 0.147 e. The second-order valence-corrected chi connectivity index (χ2v) is 3.84. The first-order valence-electron chi connectivity index (χ1n) is 4.93. The average molecular weight is 232 g/mol. The molecule has 4 heteroatoms. The van der Waals surface area contributed by atoms with Gasteiger partial charge in [0.05, 0.1) is 11.1 Å². The molecule has 2 unspecified atom stereocenters. The summed E-state index contributed by atoms with van der Waals surface area (Å²) in [5.74, 6) is -0.545. The van der Waals surface area contributed by atoms with Crippen LogP contribution in [-0.2, 0) is 0 Å². The van der Waals surface area contributed by atoms with Gasteiger partial charge in [-0.05, 0) is 19.5 Å². The number of hydrogen-bond donors (Lipinski definition) is 2. The minimum absolute atomic E-state index is 0.0373. The number of aliphatic hydroxyl groups is 1. The predicted octanol–water partition coefficient (Wildman–Crippen LogP) is 2.51. The molecule has 1 aromatic carbocycles. The Hall–Kier alpha value is -0.640. The smallest absolute Gasteiger partial charge is 0.147 e. The van der Waals surface area contributed by atoms with E-state index in [1.807, 2.05) is 6.92 Å². The summed E-state index contributed by atoms with van der Waals surface area (Å²) in [6.45, 7) is 4.45. The lowest BCUT2D eigenvalue weighted by molar-refractivity contribution is 0.133. The van der Waals surface area contributed by atoms with Crippen LogP contribution >= 0.6 is 11.6 Å². The van der Waals surface area contributed by atoms with Gasteiger partial charge in [-0.25, -0.2) is 4.39 Å². The summed E-state index contributed by atoms with van der Waals surface area (Å²) in [5, 5.41) is 12.9. The van der Waals surface area contributed by atoms with Crippen molar-refractivity contribution >= 4 is 11.6 Å². The van der Waals surface area contributed by atoms with Crippen molar-refractivity contribution in [3.05, 3.63) is 34.6 Å². The molecule has 2 N–H and O–H groups in total. The molecule has 0 aliphatic carbocycles. The van der Waals surface area contributed by atoms with E-state index in [1.165, 1.54) is 6.07 Å². The summed E-state index contributed by atoms with van der Waals surface area (Å²) in [7, 11) is 0. The summed E-state index contributed by atoms with van der Waals surface area (Å²) in [6.07, 6.45) is -0.886. The van der Waals surface area contributed by atoms with Crippen molar-refractivity contribution in [1.82, 2.24) is 5.32 Å². The van der Waals surface area contributed by atoms with Crippen molar-refractivity contribution in [3.8, 4) is 0 Å². The first kappa shape index (κ1) is 12.4. The molecular weight excluding hydrogens is 217 g/mol. The van der Waals surface area contributed by atoms with Gasteiger partial charge in [-0.3, -0.25) is 0 Å². The fourth-order valence-corrected chi connectivity index (χ4v) is 1.63. The van der Waals surface area contributed by atoms with Crippen LogP contribution in [0.2, 0.25) is 5.02 Å². The summed E-state index contributed by atoms with van der Waals surface area (Å²) < 4.78 is 13.5. The Morgan fingerprint density at radius 2 is 2.20 bits per heavy atom. The van der Waals surface area contributed by atoms with Crippen LogP contribution in [0.4, 0.5) is 4.39 Å². The van der Waals surface area contributed by atoms with Crippen molar-refractivity contribution in [2.45, 2.75) is 26.0 Å². The third-order valence-corrected chi connectivity index (χ3v) is 2.59. The first-order valence-corrected chi connectivity index (χ1v) is 5.31. The van der Waals surface area contributed by atoms with E-state index in [4.69, 9.17) is 11.6 Å². The van der Waals surface area contributed by atoms with E-state index in [0.29, 0.717) is 0 Å². The molecule has 84 valence electrons. The second-order valence-electron chi connectivity index (χ2n) is 3.43. The minimum atomic E-state index is -0.886. The van der Waals surface area contributed by atoms with Gasteiger partial charge in [-0.2, -0.15) is 0 Å². The molecule has 0 saturated carbocycles. The molecule has 1 aromatic rings. The van der Waals surface area contributed by atoms with Crippen molar-refractivity contribution in [3.63, 3.8) is 0 Å². The molecule has 0 heterocycles. The van der Waals surface area contributed by atoms with Gasteiger partial charge in [0.25, 0.3) is 0 Å². The first-order chi connectivity index (χ1) is 7.07. The number of benzene rings is 1. The normalized spacial score (nSPS) is 15.0. The Labute approximate surface area is 94.1 Å². The Morgan fingerprint density at radius 3 is 2.80 bits per heavy atom. The van der Waals surface area contributed by atoms with Gasteiger partial charge in [-0.15, -0.1) is 0 Å². The maximum absolute atomic E-state index is 13.5. The van der Waals surface area contributed by atoms with Crippen LogP contribution in [0.1, 0.15) is 25.5 Å². The van der Waals surface area contributed by atoms with Crippen LogP contribution in [0.5, 0.6) is 0 Å². The number of halogens is 2. The molecule has 1 rings (SSSR count). The zero-order valence-electron chi connectivity index (χ0n) is 8.80. The van der Waals surface area contributed by atoms with Gasteiger partial charge in [0.2, 0.25) is 0 Å². The standard InChI is InChI=1S/C11H15ClFNO/c1-3-14-7(2)11(15)8-5-4-6-9(12)10(8)13/h4-7,11,14-15H,3H2,1-2H3. The van der Waals surface area contributed by atoms with Crippen LogP contribution in [0.15, 0.2) is 18.2 Å². The van der Waals surface area contributed by atoms with Crippen LogP contribution < -0.4 is 5.32 Å². The third kappa shape index (κ3) is 2.91. The lowest BCUT2D eigenvalue weighted by atomic mass is 10.0. The van der Waals surface area contributed by atoms with Crippen molar-refractivity contribution < 1.29 is 9.50 Å². The van der Waals surface area contributed by atoms with E-state index in [1.54, 1.807) is 19.1 Å². The fraction of sp³-hybridized carbons (Fsp3) is 0.455. The highest BCUT2D eigenvalue weighted by Gasteiger charge is 2.19. The van der Waals surface area contributed by atoms with E-state index < -0.39 is 11.9 Å². The Kier molecular flexibility index (Phi) is 4.51. The summed E-state index contributed by atoms with van der Waals surface area (Å²) in [5.41, 5.74) is 0.232.